The Morgan fingerprint density at radius 2 is 1.74 bits per heavy atom. The van der Waals surface area contributed by atoms with Crippen molar-refractivity contribution in [2.24, 2.45) is 11.5 Å². The minimum atomic E-state index is -4.57. The van der Waals surface area contributed by atoms with E-state index in [1.165, 1.54) is 0 Å². The predicted molar refractivity (Wildman–Crippen MR) is 75.8 cm³/mol. The third kappa shape index (κ3) is 5.29. The van der Waals surface area contributed by atoms with Crippen LogP contribution in [0.1, 0.15) is 11.1 Å². The van der Waals surface area contributed by atoms with Crippen molar-refractivity contribution >= 4 is 35.4 Å². The van der Waals surface area contributed by atoms with E-state index in [2.05, 4.69) is 0 Å². The van der Waals surface area contributed by atoms with Crippen LogP contribution in [0.2, 0.25) is 5.02 Å². The molecule has 0 atom stereocenters. The largest absolute Gasteiger partial charge is 0.416 e. The second kappa shape index (κ2) is 7.14. The molecule has 1 rings (SSSR count). The molecule has 0 unspecified atom stereocenters. The fraction of sp³-hybridized carbons (Fsp3) is 0.154. The summed E-state index contributed by atoms with van der Waals surface area (Å²) in [5.74, 6) is -3.30. The highest BCUT2D eigenvalue weighted by Crippen LogP contribution is 2.32. The molecule has 0 heterocycles. The van der Waals surface area contributed by atoms with Crippen LogP contribution >= 0.6 is 11.6 Å². The van der Waals surface area contributed by atoms with Gasteiger partial charge < -0.3 is 16.8 Å². The van der Waals surface area contributed by atoms with Gasteiger partial charge in [-0.15, -0.1) is 0 Å². The molecular weight excluding hydrogens is 339 g/mol. The lowest BCUT2D eigenvalue weighted by Crippen LogP contribution is -2.52. The van der Waals surface area contributed by atoms with Crippen molar-refractivity contribution in [3.63, 3.8) is 0 Å². The average Bonchev–Trinajstić information content (AvgIpc) is 2.41. The van der Waals surface area contributed by atoms with Gasteiger partial charge >= 0.3 is 6.18 Å². The number of carbonyl (C=O) groups is 3. The van der Waals surface area contributed by atoms with Gasteiger partial charge in [0.05, 0.1) is 5.56 Å². The van der Waals surface area contributed by atoms with Gasteiger partial charge in [0.2, 0.25) is 17.7 Å². The van der Waals surface area contributed by atoms with Crippen LogP contribution in [0.25, 0.3) is 6.08 Å². The van der Waals surface area contributed by atoms with Gasteiger partial charge in [-0.2, -0.15) is 13.2 Å². The van der Waals surface area contributed by atoms with E-state index in [-0.39, 0.29) is 10.6 Å². The SMILES string of the molecule is NC(=O)C(NC(=O)/C=C/c1cc(C(F)(F)F)ccc1Cl)C(N)=O. The fourth-order valence-corrected chi connectivity index (χ4v) is 1.67. The minimum absolute atomic E-state index is 0.0246. The smallest absolute Gasteiger partial charge is 0.367 e. The van der Waals surface area contributed by atoms with Gasteiger partial charge in [-0.05, 0) is 29.8 Å². The van der Waals surface area contributed by atoms with Crippen molar-refractivity contribution in [1.82, 2.24) is 5.32 Å². The molecule has 0 aromatic heterocycles. The molecule has 0 aliphatic heterocycles. The lowest BCUT2D eigenvalue weighted by molar-refractivity contribution is -0.137. The number of hydrogen-bond acceptors (Lipinski definition) is 3. The first-order valence-corrected chi connectivity index (χ1v) is 6.34. The standard InChI is InChI=1S/C13H11ClF3N3O3/c14-8-3-2-7(13(15,16)17)5-6(8)1-4-9(21)20-10(11(18)22)12(19)23/h1-5,10H,(H2,18,22)(H2,19,23)(H,20,21)/b4-1+. The molecule has 0 bridgehead atoms. The fourth-order valence-electron chi connectivity index (χ4n) is 1.49. The Morgan fingerprint density at radius 1 is 1.17 bits per heavy atom. The molecular formula is C13H11ClF3N3O3. The summed E-state index contributed by atoms with van der Waals surface area (Å²) in [5, 5.41) is 1.89. The summed E-state index contributed by atoms with van der Waals surface area (Å²) in [6.45, 7) is 0. The van der Waals surface area contributed by atoms with Crippen molar-refractivity contribution < 1.29 is 27.6 Å². The zero-order chi connectivity index (χ0) is 17.8. The first-order valence-electron chi connectivity index (χ1n) is 5.96. The van der Waals surface area contributed by atoms with Gasteiger partial charge in [-0.1, -0.05) is 11.6 Å². The number of amides is 3. The highest BCUT2D eigenvalue weighted by molar-refractivity contribution is 6.32. The van der Waals surface area contributed by atoms with Gasteiger partial charge in [0, 0.05) is 11.1 Å². The molecule has 6 nitrogen and oxygen atoms in total. The Bertz CT molecular complexity index is 660. The highest BCUT2D eigenvalue weighted by Gasteiger charge is 2.30. The molecule has 1 aromatic carbocycles. The monoisotopic (exact) mass is 349 g/mol. The topological polar surface area (TPSA) is 115 Å². The van der Waals surface area contributed by atoms with Gasteiger partial charge in [0.15, 0.2) is 6.04 Å². The second-order valence-corrected chi connectivity index (χ2v) is 4.72. The quantitative estimate of drug-likeness (QED) is 0.540. The zero-order valence-electron chi connectivity index (χ0n) is 11.4. The second-order valence-electron chi connectivity index (χ2n) is 4.31. The Balaban J connectivity index is 2.94. The van der Waals surface area contributed by atoms with E-state index in [0.717, 1.165) is 30.4 Å². The summed E-state index contributed by atoms with van der Waals surface area (Å²) < 4.78 is 37.8. The van der Waals surface area contributed by atoms with Crippen molar-refractivity contribution in [2.45, 2.75) is 12.2 Å². The van der Waals surface area contributed by atoms with Crippen LogP contribution in [0.15, 0.2) is 24.3 Å². The summed E-state index contributed by atoms with van der Waals surface area (Å²) >= 11 is 5.74. The van der Waals surface area contributed by atoms with E-state index >= 15 is 0 Å². The number of primary amides is 2. The molecule has 0 aliphatic carbocycles. The number of alkyl halides is 3. The van der Waals surface area contributed by atoms with Gasteiger partial charge in [-0.25, -0.2) is 0 Å². The summed E-state index contributed by atoms with van der Waals surface area (Å²) in [5.41, 5.74) is 8.69. The summed E-state index contributed by atoms with van der Waals surface area (Å²) in [6, 6.07) is 0.823. The van der Waals surface area contributed by atoms with Crippen LogP contribution < -0.4 is 16.8 Å². The average molecular weight is 350 g/mol. The predicted octanol–water partition coefficient (Wildman–Crippen LogP) is 0.827. The van der Waals surface area contributed by atoms with Crippen LogP contribution in [-0.2, 0) is 20.6 Å². The van der Waals surface area contributed by atoms with E-state index in [4.69, 9.17) is 23.1 Å². The van der Waals surface area contributed by atoms with Crippen molar-refractivity contribution in [2.75, 3.05) is 0 Å². The molecule has 5 N–H and O–H groups in total. The summed E-state index contributed by atoms with van der Waals surface area (Å²) in [6.07, 6.45) is -2.79. The van der Waals surface area contributed by atoms with Gasteiger partial charge in [0.1, 0.15) is 0 Å². The molecule has 124 valence electrons. The number of hydrogen-bond donors (Lipinski definition) is 3. The molecule has 1 aromatic rings. The maximum absolute atomic E-state index is 12.6. The number of carbonyl (C=O) groups excluding carboxylic acids is 3. The van der Waals surface area contributed by atoms with Crippen LogP contribution in [-0.4, -0.2) is 23.8 Å². The third-order valence-corrected chi connectivity index (χ3v) is 2.94. The zero-order valence-corrected chi connectivity index (χ0v) is 12.1. The van der Waals surface area contributed by atoms with E-state index < -0.39 is 35.5 Å². The van der Waals surface area contributed by atoms with E-state index in [1.807, 2.05) is 5.32 Å². The lowest BCUT2D eigenvalue weighted by atomic mass is 10.1. The van der Waals surface area contributed by atoms with E-state index in [9.17, 15) is 27.6 Å². The number of nitrogens with one attached hydrogen (secondary N) is 1. The number of nitrogens with two attached hydrogens (primary N) is 2. The maximum Gasteiger partial charge on any atom is 0.416 e. The Labute approximate surface area is 133 Å². The Morgan fingerprint density at radius 3 is 2.22 bits per heavy atom. The van der Waals surface area contributed by atoms with Crippen molar-refractivity contribution in [1.29, 1.82) is 0 Å². The molecule has 10 heteroatoms. The van der Waals surface area contributed by atoms with Crippen LogP contribution in [0, 0.1) is 0 Å². The molecule has 0 fully saturated rings. The number of rotatable bonds is 5. The Kier molecular flexibility index (Phi) is 5.74. The number of halogens is 4. The van der Waals surface area contributed by atoms with E-state index in [0.29, 0.717) is 0 Å². The first-order chi connectivity index (χ1) is 10.5. The Hall–Kier alpha value is -2.55. The molecule has 0 radical (unpaired) electrons. The van der Waals surface area contributed by atoms with Crippen LogP contribution in [0.5, 0.6) is 0 Å². The van der Waals surface area contributed by atoms with E-state index in [1.54, 1.807) is 0 Å². The molecule has 23 heavy (non-hydrogen) atoms. The molecule has 0 aliphatic rings. The molecule has 0 saturated carbocycles. The molecule has 0 saturated heterocycles. The molecule has 3 amide bonds. The van der Waals surface area contributed by atoms with Crippen LogP contribution in [0.3, 0.4) is 0 Å². The highest BCUT2D eigenvalue weighted by atomic mass is 35.5. The van der Waals surface area contributed by atoms with Gasteiger partial charge in [0.25, 0.3) is 0 Å². The third-order valence-electron chi connectivity index (χ3n) is 2.59. The van der Waals surface area contributed by atoms with Gasteiger partial charge in [-0.3, -0.25) is 14.4 Å². The normalized spacial score (nSPS) is 11.7. The van der Waals surface area contributed by atoms with Crippen LogP contribution in [0.4, 0.5) is 13.2 Å². The van der Waals surface area contributed by atoms with Crippen molar-refractivity contribution in [3.05, 3.63) is 40.4 Å². The van der Waals surface area contributed by atoms with Crippen molar-refractivity contribution in [3.8, 4) is 0 Å². The molecule has 0 spiro atoms. The summed E-state index contributed by atoms with van der Waals surface area (Å²) in [7, 11) is 0. The number of benzene rings is 1. The first kappa shape index (κ1) is 18.5. The minimum Gasteiger partial charge on any atom is -0.367 e. The summed E-state index contributed by atoms with van der Waals surface area (Å²) in [4.78, 5) is 33.3. The maximum atomic E-state index is 12.6. The lowest BCUT2D eigenvalue weighted by Gasteiger charge is -2.10.